The molecule has 0 unspecified atom stereocenters. The van der Waals surface area contributed by atoms with Crippen molar-refractivity contribution in [1.82, 2.24) is 15.1 Å². The van der Waals surface area contributed by atoms with Crippen molar-refractivity contribution in [2.45, 2.75) is 13.3 Å². The van der Waals surface area contributed by atoms with Crippen molar-refractivity contribution in [1.29, 1.82) is 0 Å². The van der Waals surface area contributed by atoms with E-state index in [9.17, 15) is 19.7 Å². The second kappa shape index (κ2) is 9.86. The number of nitro benzene ring substituents is 1. The number of hydrogen-bond donors (Lipinski definition) is 1. The minimum absolute atomic E-state index is 0.0710. The zero-order valence-electron chi connectivity index (χ0n) is 15.9. The molecule has 9 heteroatoms. The molecule has 0 atom stereocenters. The highest BCUT2D eigenvalue weighted by atomic mass is 16.6. The Kier molecular flexibility index (Phi) is 7.54. The molecule has 1 aliphatic heterocycles. The summed E-state index contributed by atoms with van der Waals surface area (Å²) in [4.78, 5) is 40.0. The second-order valence-corrected chi connectivity index (χ2v) is 6.64. The number of benzene rings is 1. The monoisotopic (exact) mass is 377 g/mol. The first-order valence-corrected chi connectivity index (χ1v) is 9.13. The minimum atomic E-state index is -0.410. The number of carbonyl (C=O) groups excluding carboxylic acids is 2. The number of nitrogens with one attached hydrogen (secondary N) is 1. The number of non-ortho nitro benzene ring substituents is 1. The van der Waals surface area contributed by atoms with Crippen LogP contribution in [0.3, 0.4) is 0 Å². The van der Waals surface area contributed by atoms with E-state index in [-0.39, 0.29) is 30.6 Å². The fourth-order valence-electron chi connectivity index (χ4n) is 2.89. The summed E-state index contributed by atoms with van der Waals surface area (Å²) < 4.78 is 0. The Morgan fingerprint density at radius 1 is 1.19 bits per heavy atom. The van der Waals surface area contributed by atoms with Crippen LogP contribution >= 0.6 is 0 Å². The molecule has 0 bridgehead atoms. The molecule has 1 saturated heterocycles. The second-order valence-electron chi connectivity index (χ2n) is 6.64. The first-order chi connectivity index (χ1) is 12.9. The highest BCUT2D eigenvalue weighted by Gasteiger charge is 2.21. The summed E-state index contributed by atoms with van der Waals surface area (Å²) in [6, 6.07) is 6.51. The number of carbonyl (C=O) groups is 2. The van der Waals surface area contributed by atoms with Gasteiger partial charge in [-0.1, -0.05) is 6.92 Å². The Labute approximate surface area is 159 Å². The van der Waals surface area contributed by atoms with E-state index in [4.69, 9.17) is 0 Å². The van der Waals surface area contributed by atoms with Crippen LogP contribution in [0.2, 0.25) is 0 Å². The summed E-state index contributed by atoms with van der Waals surface area (Å²) in [5, 5.41) is 13.5. The van der Waals surface area contributed by atoms with Gasteiger partial charge >= 0.3 is 0 Å². The number of amides is 2. The molecule has 1 aromatic carbocycles. The van der Waals surface area contributed by atoms with Crippen molar-refractivity contribution in [2.24, 2.45) is 0 Å². The number of nitro groups is 1. The fraction of sp³-hybridized carbons (Fsp3) is 0.556. The van der Waals surface area contributed by atoms with Gasteiger partial charge in [-0.2, -0.15) is 0 Å². The van der Waals surface area contributed by atoms with E-state index in [0.717, 1.165) is 38.3 Å². The predicted octanol–water partition coefficient (Wildman–Crippen LogP) is 0.701. The van der Waals surface area contributed by atoms with Crippen molar-refractivity contribution in [2.75, 3.05) is 57.8 Å². The van der Waals surface area contributed by atoms with Crippen LogP contribution in [-0.2, 0) is 9.59 Å². The molecular weight excluding hydrogens is 350 g/mol. The Morgan fingerprint density at radius 2 is 1.81 bits per heavy atom. The summed E-state index contributed by atoms with van der Waals surface area (Å²) in [6.45, 7) is 5.87. The summed E-state index contributed by atoms with van der Waals surface area (Å²) in [5.74, 6) is -0.221. The Bertz CT molecular complexity index is 656. The normalized spacial score (nSPS) is 14.7. The molecule has 1 N–H and O–H groups in total. The topological polar surface area (TPSA) is 99.0 Å². The molecule has 0 spiro atoms. The molecule has 2 rings (SSSR count). The molecule has 0 aromatic heterocycles. The standard InChI is InChI=1S/C18H27N5O4/c1-3-8-19-17(24)13-20(2)18(25)14-21-9-11-22(12-10-21)15-4-6-16(7-5-15)23(26)27/h4-7H,3,8-14H2,1-2H3,(H,19,24). The molecule has 1 fully saturated rings. The van der Waals surface area contributed by atoms with Crippen LogP contribution in [0.5, 0.6) is 0 Å². The van der Waals surface area contributed by atoms with Gasteiger partial charge in [-0.25, -0.2) is 0 Å². The van der Waals surface area contributed by atoms with Gasteiger partial charge in [0.05, 0.1) is 18.0 Å². The van der Waals surface area contributed by atoms with Gasteiger partial charge in [0.15, 0.2) is 0 Å². The maximum absolute atomic E-state index is 12.3. The third kappa shape index (κ3) is 6.21. The third-order valence-electron chi connectivity index (χ3n) is 4.54. The van der Waals surface area contributed by atoms with Gasteiger partial charge in [-0.3, -0.25) is 24.6 Å². The number of nitrogens with zero attached hydrogens (tertiary/aromatic N) is 4. The molecule has 1 heterocycles. The third-order valence-corrected chi connectivity index (χ3v) is 4.54. The first-order valence-electron chi connectivity index (χ1n) is 9.13. The Morgan fingerprint density at radius 3 is 2.37 bits per heavy atom. The van der Waals surface area contributed by atoms with Gasteiger partial charge in [0.25, 0.3) is 5.69 Å². The summed E-state index contributed by atoms with van der Waals surface area (Å²) in [6.07, 6.45) is 0.864. The van der Waals surface area contributed by atoms with E-state index in [0.29, 0.717) is 6.54 Å². The number of anilines is 1. The summed E-state index contributed by atoms with van der Waals surface area (Å²) in [7, 11) is 1.64. The van der Waals surface area contributed by atoms with Crippen LogP contribution in [-0.4, -0.2) is 79.4 Å². The van der Waals surface area contributed by atoms with Crippen molar-refractivity contribution >= 4 is 23.2 Å². The lowest BCUT2D eigenvalue weighted by atomic mass is 10.2. The smallest absolute Gasteiger partial charge is 0.269 e. The maximum atomic E-state index is 12.3. The van der Waals surface area contributed by atoms with Gasteiger partial charge in [-0.05, 0) is 18.6 Å². The minimum Gasteiger partial charge on any atom is -0.369 e. The molecule has 0 saturated carbocycles. The van der Waals surface area contributed by atoms with Gasteiger partial charge < -0.3 is 15.1 Å². The zero-order valence-corrected chi connectivity index (χ0v) is 15.9. The Balaban J connectivity index is 1.77. The van der Waals surface area contributed by atoms with Gasteiger partial charge in [0.2, 0.25) is 11.8 Å². The maximum Gasteiger partial charge on any atom is 0.269 e. The average Bonchev–Trinajstić information content (AvgIpc) is 2.67. The molecular formula is C18H27N5O4. The Hall–Kier alpha value is -2.68. The SMILES string of the molecule is CCCNC(=O)CN(C)C(=O)CN1CCN(c2ccc([N+](=O)[O-])cc2)CC1. The molecule has 2 amide bonds. The van der Waals surface area contributed by atoms with Crippen LogP contribution in [0.4, 0.5) is 11.4 Å². The van der Waals surface area contributed by atoms with Crippen LogP contribution in [0.15, 0.2) is 24.3 Å². The number of piperazine rings is 1. The van der Waals surface area contributed by atoms with Crippen LogP contribution < -0.4 is 10.2 Å². The van der Waals surface area contributed by atoms with E-state index in [1.54, 1.807) is 19.2 Å². The van der Waals surface area contributed by atoms with Crippen LogP contribution in [0.1, 0.15) is 13.3 Å². The molecule has 9 nitrogen and oxygen atoms in total. The van der Waals surface area contributed by atoms with Crippen LogP contribution in [0, 0.1) is 10.1 Å². The lowest BCUT2D eigenvalue weighted by Gasteiger charge is -2.36. The zero-order chi connectivity index (χ0) is 19.8. The van der Waals surface area contributed by atoms with Crippen molar-refractivity contribution in [3.8, 4) is 0 Å². The lowest BCUT2D eigenvalue weighted by molar-refractivity contribution is -0.384. The van der Waals surface area contributed by atoms with E-state index >= 15 is 0 Å². The first kappa shape index (κ1) is 20.6. The number of likely N-dealkylation sites (N-methyl/N-ethyl adjacent to an activating group) is 1. The molecule has 0 aliphatic carbocycles. The molecule has 1 aliphatic rings. The fourth-order valence-corrected chi connectivity index (χ4v) is 2.89. The van der Waals surface area contributed by atoms with Crippen molar-refractivity contribution in [3.63, 3.8) is 0 Å². The summed E-state index contributed by atoms with van der Waals surface area (Å²) >= 11 is 0. The van der Waals surface area contributed by atoms with E-state index in [1.807, 2.05) is 6.92 Å². The van der Waals surface area contributed by atoms with Gasteiger partial charge in [0, 0.05) is 57.6 Å². The van der Waals surface area contributed by atoms with E-state index in [2.05, 4.69) is 15.1 Å². The highest BCUT2D eigenvalue weighted by Crippen LogP contribution is 2.20. The average molecular weight is 377 g/mol. The van der Waals surface area contributed by atoms with Crippen molar-refractivity contribution < 1.29 is 14.5 Å². The lowest BCUT2D eigenvalue weighted by Crippen LogP contribution is -2.50. The van der Waals surface area contributed by atoms with E-state index < -0.39 is 4.92 Å². The predicted molar refractivity (Wildman–Crippen MR) is 103 cm³/mol. The summed E-state index contributed by atoms with van der Waals surface area (Å²) in [5.41, 5.74) is 1.02. The number of rotatable bonds is 8. The largest absolute Gasteiger partial charge is 0.369 e. The van der Waals surface area contributed by atoms with E-state index in [1.165, 1.54) is 17.0 Å². The molecule has 0 radical (unpaired) electrons. The molecule has 1 aromatic rings. The highest BCUT2D eigenvalue weighted by molar-refractivity contribution is 5.85. The van der Waals surface area contributed by atoms with Crippen LogP contribution in [0.25, 0.3) is 0 Å². The molecule has 27 heavy (non-hydrogen) atoms. The number of hydrogen-bond acceptors (Lipinski definition) is 6. The van der Waals surface area contributed by atoms with Crippen molar-refractivity contribution in [3.05, 3.63) is 34.4 Å². The molecule has 148 valence electrons. The van der Waals surface area contributed by atoms with Gasteiger partial charge in [-0.15, -0.1) is 0 Å². The van der Waals surface area contributed by atoms with Gasteiger partial charge in [0.1, 0.15) is 0 Å². The quantitative estimate of drug-likeness (QED) is 0.529.